The molecule has 0 radical (unpaired) electrons. The van der Waals surface area contributed by atoms with Crippen molar-refractivity contribution in [3.8, 4) is 0 Å². The van der Waals surface area contributed by atoms with Gasteiger partial charge in [-0.25, -0.2) is 0 Å². The maximum absolute atomic E-state index is 12.2. The third-order valence-electron chi connectivity index (χ3n) is 4.50. The van der Waals surface area contributed by atoms with E-state index < -0.39 is 12.1 Å². The van der Waals surface area contributed by atoms with Crippen molar-refractivity contribution < 1.29 is 19.8 Å². The summed E-state index contributed by atoms with van der Waals surface area (Å²) >= 11 is 0. The van der Waals surface area contributed by atoms with Crippen molar-refractivity contribution in [2.45, 2.75) is 83.3 Å². The van der Waals surface area contributed by atoms with Crippen LogP contribution < -0.4 is 0 Å². The number of hydrogen-bond donors (Lipinski definition) is 2. The van der Waals surface area contributed by atoms with Crippen LogP contribution in [0.3, 0.4) is 0 Å². The highest BCUT2D eigenvalue weighted by atomic mass is 16.4. The van der Waals surface area contributed by atoms with Gasteiger partial charge in [0.2, 0.25) is 5.91 Å². The number of aliphatic carboxylic acids is 1. The smallest absolute Gasteiger partial charge is 0.303 e. The number of carboxylic acid groups (broad SMARTS) is 1. The van der Waals surface area contributed by atoms with E-state index in [2.05, 4.69) is 6.92 Å². The molecule has 0 aromatic rings. The Kier molecular flexibility index (Phi) is 10.9. The molecule has 5 heteroatoms. The molecular weight excluding hydrogens is 318 g/mol. The van der Waals surface area contributed by atoms with Crippen molar-refractivity contribution in [3.05, 3.63) is 24.3 Å². The summed E-state index contributed by atoms with van der Waals surface area (Å²) in [5.74, 6) is -0.626. The van der Waals surface area contributed by atoms with Gasteiger partial charge >= 0.3 is 5.97 Å². The molecule has 5 nitrogen and oxygen atoms in total. The van der Waals surface area contributed by atoms with E-state index >= 15 is 0 Å². The van der Waals surface area contributed by atoms with Gasteiger partial charge in [0.1, 0.15) is 0 Å². The first-order valence-corrected chi connectivity index (χ1v) is 9.57. The Balaban J connectivity index is 2.45. The van der Waals surface area contributed by atoms with Crippen LogP contribution in [0.4, 0.5) is 0 Å². The summed E-state index contributed by atoms with van der Waals surface area (Å²) in [5.41, 5.74) is 0. The number of piperidine rings is 1. The van der Waals surface area contributed by atoms with Crippen molar-refractivity contribution >= 4 is 11.9 Å². The molecule has 0 aliphatic carbocycles. The standard InChI is InChI=1S/C20H33NO4/c1-2-3-6-11-18(22)15-14-17-10-9-12-19(23)21(17)16-8-5-4-7-13-20(24)25/h5,8,14-15,17-18,22H,2-4,6-7,9-13,16H2,1H3,(H,24,25)/b8-5-,15-14+. The minimum Gasteiger partial charge on any atom is -0.481 e. The second-order valence-electron chi connectivity index (χ2n) is 6.71. The highest BCUT2D eigenvalue weighted by Gasteiger charge is 2.25. The number of unbranched alkanes of at least 4 members (excludes halogenated alkanes) is 3. The first-order valence-electron chi connectivity index (χ1n) is 9.57. The average Bonchev–Trinajstić information content (AvgIpc) is 2.57. The molecule has 1 fully saturated rings. The number of carbonyl (C=O) groups is 2. The Labute approximate surface area is 151 Å². The topological polar surface area (TPSA) is 77.8 Å². The fourth-order valence-electron chi connectivity index (χ4n) is 3.02. The number of amides is 1. The first kappa shape index (κ1) is 21.4. The normalized spacial score (nSPS) is 19.8. The van der Waals surface area contributed by atoms with E-state index in [9.17, 15) is 14.7 Å². The number of rotatable bonds is 12. The van der Waals surface area contributed by atoms with Crippen LogP contribution in [-0.2, 0) is 9.59 Å². The molecule has 0 aromatic carbocycles. The summed E-state index contributed by atoms with van der Waals surface area (Å²) in [6, 6.07) is 0.0470. The van der Waals surface area contributed by atoms with E-state index in [1.165, 1.54) is 0 Å². The van der Waals surface area contributed by atoms with Crippen molar-refractivity contribution in [3.63, 3.8) is 0 Å². The quantitative estimate of drug-likeness (QED) is 0.415. The molecule has 0 saturated carbocycles. The van der Waals surface area contributed by atoms with Crippen molar-refractivity contribution in [1.29, 1.82) is 0 Å². The van der Waals surface area contributed by atoms with E-state index in [-0.39, 0.29) is 18.4 Å². The Morgan fingerprint density at radius 3 is 2.84 bits per heavy atom. The Bertz CT molecular complexity index is 459. The van der Waals surface area contributed by atoms with Gasteiger partial charge in [0, 0.05) is 19.4 Å². The number of allylic oxidation sites excluding steroid dienone is 1. The largest absolute Gasteiger partial charge is 0.481 e. The maximum atomic E-state index is 12.2. The predicted molar refractivity (Wildman–Crippen MR) is 99.3 cm³/mol. The molecule has 1 aliphatic rings. The molecule has 0 aromatic heterocycles. The summed E-state index contributed by atoms with van der Waals surface area (Å²) in [7, 11) is 0. The lowest BCUT2D eigenvalue weighted by atomic mass is 10.00. The monoisotopic (exact) mass is 351 g/mol. The zero-order valence-electron chi connectivity index (χ0n) is 15.4. The molecule has 2 N–H and O–H groups in total. The molecule has 2 unspecified atom stereocenters. The Morgan fingerprint density at radius 1 is 1.32 bits per heavy atom. The summed E-state index contributed by atoms with van der Waals surface area (Å²) in [6.07, 6.45) is 15.2. The van der Waals surface area contributed by atoms with E-state index in [0.29, 0.717) is 25.8 Å². The van der Waals surface area contributed by atoms with Gasteiger partial charge in [0.05, 0.1) is 12.1 Å². The highest BCUT2D eigenvalue weighted by Crippen LogP contribution is 2.20. The number of carbonyl (C=O) groups excluding carboxylic acids is 1. The van der Waals surface area contributed by atoms with E-state index in [1.54, 1.807) is 0 Å². The van der Waals surface area contributed by atoms with Crippen LogP contribution in [0.1, 0.15) is 71.1 Å². The fourth-order valence-corrected chi connectivity index (χ4v) is 3.02. The molecule has 0 bridgehead atoms. The number of nitrogens with zero attached hydrogens (tertiary/aromatic N) is 1. The number of carboxylic acids is 1. The van der Waals surface area contributed by atoms with Crippen LogP contribution in [0.5, 0.6) is 0 Å². The lowest BCUT2D eigenvalue weighted by Gasteiger charge is -2.33. The van der Waals surface area contributed by atoms with Crippen LogP contribution >= 0.6 is 0 Å². The van der Waals surface area contributed by atoms with Crippen molar-refractivity contribution in [2.75, 3.05) is 6.54 Å². The summed E-state index contributed by atoms with van der Waals surface area (Å²) in [6.45, 7) is 2.69. The molecule has 25 heavy (non-hydrogen) atoms. The molecule has 1 heterocycles. The molecule has 1 rings (SSSR count). The first-order chi connectivity index (χ1) is 12.0. The van der Waals surface area contributed by atoms with E-state index in [0.717, 1.165) is 38.5 Å². The molecule has 2 atom stereocenters. The maximum Gasteiger partial charge on any atom is 0.303 e. The van der Waals surface area contributed by atoms with Crippen LogP contribution in [0.25, 0.3) is 0 Å². The highest BCUT2D eigenvalue weighted by molar-refractivity contribution is 5.77. The van der Waals surface area contributed by atoms with Gasteiger partial charge in [0.15, 0.2) is 0 Å². The number of likely N-dealkylation sites (tertiary alicyclic amines) is 1. The lowest BCUT2D eigenvalue weighted by Crippen LogP contribution is -2.42. The molecule has 142 valence electrons. The van der Waals surface area contributed by atoms with Crippen molar-refractivity contribution in [2.24, 2.45) is 0 Å². The molecular formula is C20H33NO4. The van der Waals surface area contributed by atoms with Gasteiger partial charge in [-0.05, 0) is 32.1 Å². The van der Waals surface area contributed by atoms with Crippen molar-refractivity contribution in [1.82, 2.24) is 4.90 Å². The van der Waals surface area contributed by atoms with Gasteiger partial charge < -0.3 is 15.1 Å². The molecule has 1 saturated heterocycles. The minimum atomic E-state index is -0.776. The van der Waals surface area contributed by atoms with Crippen LogP contribution in [0, 0.1) is 0 Å². The third-order valence-corrected chi connectivity index (χ3v) is 4.50. The lowest BCUT2D eigenvalue weighted by molar-refractivity contribution is -0.137. The van der Waals surface area contributed by atoms with Gasteiger partial charge in [0.25, 0.3) is 0 Å². The molecule has 1 amide bonds. The van der Waals surface area contributed by atoms with Gasteiger partial charge in [-0.2, -0.15) is 0 Å². The van der Waals surface area contributed by atoms with Gasteiger partial charge in [-0.15, -0.1) is 0 Å². The summed E-state index contributed by atoms with van der Waals surface area (Å²) < 4.78 is 0. The fraction of sp³-hybridized carbons (Fsp3) is 0.700. The zero-order chi connectivity index (χ0) is 18.5. The SMILES string of the molecule is CCCCCC(O)/C=C/C1CCCC(=O)N1C/C=C\CCCC(=O)O. The van der Waals surface area contributed by atoms with Crippen LogP contribution in [0.2, 0.25) is 0 Å². The second-order valence-corrected chi connectivity index (χ2v) is 6.71. The minimum absolute atomic E-state index is 0.0470. The number of aliphatic hydroxyl groups excluding tert-OH is 1. The van der Waals surface area contributed by atoms with Crippen LogP contribution in [-0.4, -0.2) is 45.7 Å². The summed E-state index contributed by atoms with van der Waals surface area (Å²) in [4.78, 5) is 24.5. The summed E-state index contributed by atoms with van der Waals surface area (Å²) in [5, 5.41) is 18.6. The number of aliphatic hydroxyl groups is 1. The zero-order valence-corrected chi connectivity index (χ0v) is 15.4. The van der Waals surface area contributed by atoms with Gasteiger partial charge in [-0.1, -0.05) is 50.5 Å². The Morgan fingerprint density at radius 2 is 2.12 bits per heavy atom. The third kappa shape index (κ3) is 9.44. The average molecular weight is 351 g/mol. The molecule has 0 spiro atoms. The van der Waals surface area contributed by atoms with E-state index in [4.69, 9.17) is 5.11 Å². The number of hydrogen-bond acceptors (Lipinski definition) is 3. The Hall–Kier alpha value is -1.62. The predicted octanol–water partition coefficient (Wildman–Crippen LogP) is 3.68. The second kappa shape index (κ2) is 12.7. The molecule has 1 aliphatic heterocycles. The van der Waals surface area contributed by atoms with E-state index in [1.807, 2.05) is 29.2 Å². The van der Waals surface area contributed by atoms with Gasteiger partial charge in [-0.3, -0.25) is 9.59 Å². The van der Waals surface area contributed by atoms with Crippen LogP contribution in [0.15, 0.2) is 24.3 Å².